The number of nitrogens with zero attached hydrogens (tertiary/aromatic N) is 4. The van der Waals surface area contributed by atoms with E-state index in [1.165, 1.54) is 0 Å². The molecule has 6 nitrogen and oxygen atoms in total. The predicted molar refractivity (Wildman–Crippen MR) is 75.6 cm³/mol. The first kappa shape index (κ1) is 13.1. The van der Waals surface area contributed by atoms with Gasteiger partial charge in [0.1, 0.15) is 0 Å². The van der Waals surface area contributed by atoms with Crippen LogP contribution in [-0.2, 0) is 33.0 Å². The molecule has 0 spiro atoms. The van der Waals surface area contributed by atoms with Gasteiger partial charge in [-0.25, -0.2) is 4.68 Å². The maximum absolute atomic E-state index is 12.1. The molecular formula is C14H19N5O. The molecule has 6 heteroatoms. The van der Waals surface area contributed by atoms with Crippen molar-refractivity contribution < 1.29 is 0 Å². The van der Waals surface area contributed by atoms with Gasteiger partial charge in [0.05, 0.1) is 23.6 Å². The zero-order valence-electron chi connectivity index (χ0n) is 11.9. The zero-order valence-corrected chi connectivity index (χ0v) is 11.9. The molecule has 0 radical (unpaired) electrons. The van der Waals surface area contributed by atoms with Gasteiger partial charge in [-0.2, -0.15) is 10.2 Å². The highest BCUT2D eigenvalue weighted by molar-refractivity contribution is 5.20. The number of rotatable bonds is 3. The Bertz CT molecular complexity index is 685. The monoisotopic (exact) mass is 273 g/mol. The van der Waals surface area contributed by atoms with Crippen molar-refractivity contribution in [2.75, 3.05) is 6.54 Å². The lowest BCUT2D eigenvalue weighted by molar-refractivity contribution is 0.545. The van der Waals surface area contributed by atoms with Crippen LogP contribution in [0.5, 0.6) is 0 Å². The van der Waals surface area contributed by atoms with Gasteiger partial charge in [0.2, 0.25) is 0 Å². The molecule has 2 aromatic heterocycles. The Hall–Kier alpha value is -1.95. The molecule has 1 aliphatic heterocycles. The lowest BCUT2D eigenvalue weighted by Crippen LogP contribution is -2.32. The highest BCUT2D eigenvalue weighted by Gasteiger charge is 2.14. The summed E-state index contributed by atoms with van der Waals surface area (Å²) in [5.41, 5.74) is 4.05. The third-order valence-corrected chi connectivity index (χ3v) is 3.72. The summed E-state index contributed by atoms with van der Waals surface area (Å²) in [6.07, 6.45) is 1.77. The van der Waals surface area contributed by atoms with Gasteiger partial charge in [-0.05, 0) is 18.1 Å². The molecule has 20 heavy (non-hydrogen) atoms. The average molecular weight is 273 g/mol. The van der Waals surface area contributed by atoms with Crippen LogP contribution in [0, 0.1) is 0 Å². The SMILES string of the molecule is CCc1cc(Cn2nc3c(cc2=O)CNCC3)n(C)n1. The minimum absolute atomic E-state index is 0.0494. The molecule has 106 valence electrons. The summed E-state index contributed by atoms with van der Waals surface area (Å²) in [6, 6.07) is 3.74. The fourth-order valence-electron chi connectivity index (χ4n) is 2.52. The Morgan fingerprint density at radius 3 is 2.95 bits per heavy atom. The Morgan fingerprint density at radius 2 is 2.20 bits per heavy atom. The molecule has 0 saturated carbocycles. The number of fused-ring (bicyclic) bond motifs is 1. The van der Waals surface area contributed by atoms with E-state index in [0.29, 0.717) is 6.54 Å². The highest BCUT2D eigenvalue weighted by Crippen LogP contribution is 2.09. The molecule has 1 N–H and O–H groups in total. The van der Waals surface area contributed by atoms with E-state index in [4.69, 9.17) is 0 Å². The van der Waals surface area contributed by atoms with E-state index in [-0.39, 0.29) is 5.56 Å². The summed E-state index contributed by atoms with van der Waals surface area (Å²) in [6.45, 7) is 4.21. The van der Waals surface area contributed by atoms with Crippen molar-refractivity contribution >= 4 is 0 Å². The first-order valence-electron chi connectivity index (χ1n) is 7.00. The van der Waals surface area contributed by atoms with Crippen molar-refractivity contribution in [2.24, 2.45) is 7.05 Å². The lowest BCUT2D eigenvalue weighted by atomic mass is 10.1. The number of hydrogen-bond acceptors (Lipinski definition) is 4. The summed E-state index contributed by atoms with van der Waals surface area (Å²) in [5, 5.41) is 12.2. The molecule has 3 rings (SSSR count). The van der Waals surface area contributed by atoms with Crippen LogP contribution in [-0.4, -0.2) is 26.1 Å². The summed E-state index contributed by atoms with van der Waals surface area (Å²) in [7, 11) is 1.90. The third kappa shape index (κ3) is 2.38. The minimum Gasteiger partial charge on any atom is -0.312 e. The maximum Gasteiger partial charge on any atom is 0.267 e. The predicted octanol–water partition coefficient (Wildman–Crippen LogP) is 0.233. The normalized spacial score (nSPS) is 14.3. The third-order valence-electron chi connectivity index (χ3n) is 3.72. The Balaban J connectivity index is 1.94. The number of hydrogen-bond donors (Lipinski definition) is 1. The van der Waals surface area contributed by atoms with Crippen molar-refractivity contribution in [3.05, 3.63) is 45.1 Å². The van der Waals surface area contributed by atoms with Crippen molar-refractivity contribution in [1.29, 1.82) is 0 Å². The van der Waals surface area contributed by atoms with Crippen molar-refractivity contribution in [2.45, 2.75) is 32.9 Å². The molecular weight excluding hydrogens is 254 g/mol. The van der Waals surface area contributed by atoms with Crippen LogP contribution in [0.4, 0.5) is 0 Å². The molecule has 0 fully saturated rings. The second-order valence-corrected chi connectivity index (χ2v) is 5.14. The van der Waals surface area contributed by atoms with Crippen LogP contribution < -0.4 is 10.9 Å². The van der Waals surface area contributed by atoms with Gasteiger partial charge in [0.25, 0.3) is 5.56 Å². The zero-order chi connectivity index (χ0) is 14.1. The standard InChI is InChI=1S/C14H19N5O/c1-3-11-7-12(18(2)16-11)9-19-14(20)6-10-8-15-5-4-13(10)17-19/h6-7,15H,3-5,8-9H2,1-2H3. The number of aromatic nitrogens is 4. The largest absolute Gasteiger partial charge is 0.312 e. The summed E-state index contributed by atoms with van der Waals surface area (Å²) < 4.78 is 3.37. The first-order valence-corrected chi connectivity index (χ1v) is 7.00. The van der Waals surface area contributed by atoms with Crippen molar-refractivity contribution in [3.8, 4) is 0 Å². The first-order chi connectivity index (χ1) is 9.67. The van der Waals surface area contributed by atoms with Gasteiger partial charge in [-0.3, -0.25) is 9.48 Å². The highest BCUT2D eigenvalue weighted by atomic mass is 16.1. The van der Waals surface area contributed by atoms with Gasteiger partial charge in [-0.1, -0.05) is 6.92 Å². The Kier molecular flexibility index (Phi) is 3.40. The topological polar surface area (TPSA) is 64.7 Å². The second-order valence-electron chi connectivity index (χ2n) is 5.14. The number of aryl methyl sites for hydroxylation is 2. The van der Waals surface area contributed by atoms with Gasteiger partial charge in [0.15, 0.2) is 0 Å². The molecule has 0 atom stereocenters. The average Bonchev–Trinajstić information content (AvgIpc) is 2.80. The Morgan fingerprint density at radius 1 is 1.35 bits per heavy atom. The molecule has 0 aromatic carbocycles. The summed E-state index contributed by atoms with van der Waals surface area (Å²) in [5.74, 6) is 0. The molecule has 2 aromatic rings. The number of nitrogens with one attached hydrogen (secondary N) is 1. The van der Waals surface area contributed by atoms with E-state index in [2.05, 4.69) is 22.4 Å². The lowest BCUT2D eigenvalue weighted by Gasteiger charge is -2.17. The van der Waals surface area contributed by atoms with Crippen LogP contribution in [0.1, 0.15) is 29.6 Å². The molecule has 0 amide bonds. The maximum atomic E-state index is 12.1. The van der Waals surface area contributed by atoms with Gasteiger partial charge in [-0.15, -0.1) is 0 Å². The van der Waals surface area contributed by atoms with Crippen molar-refractivity contribution in [3.63, 3.8) is 0 Å². The molecule has 1 aliphatic rings. The van der Waals surface area contributed by atoms with Crippen molar-refractivity contribution in [1.82, 2.24) is 24.9 Å². The fraction of sp³-hybridized carbons (Fsp3) is 0.500. The molecule has 0 saturated heterocycles. The summed E-state index contributed by atoms with van der Waals surface area (Å²) >= 11 is 0. The van der Waals surface area contributed by atoms with Crippen LogP contribution in [0.3, 0.4) is 0 Å². The molecule has 0 aliphatic carbocycles. The van der Waals surface area contributed by atoms with Crippen LogP contribution in [0.2, 0.25) is 0 Å². The van der Waals surface area contributed by atoms with E-state index in [9.17, 15) is 4.79 Å². The van der Waals surface area contributed by atoms with Crippen LogP contribution in [0.25, 0.3) is 0 Å². The fourth-order valence-corrected chi connectivity index (χ4v) is 2.52. The van der Waals surface area contributed by atoms with E-state index in [1.807, 2.05) is 17.8 Å². The second kappa shape index (κ2) is 5.20. The van der Waals surface area contributed by atoms with Gasteiger partial charge >= 0.3 is 0 Å². The van der Waals surface area contributed by atoms with Gasteiger partial charge in [0, 0.05) is 32.6 Å². The van der Waals surface area contributed by atoms with E-state index in [1.54, 1.807) is 10.7 Å². The molecule has 3 heterocycles. The molecule has 0 bridgehead atoms. The quantitative estimate of drug-likeness (QED) is 0.869. The van der Waals surface area contributed by atoms with E-state index in [0.717, 1.165) is 48.6 Å². The van der Waals surface area contributed by atoms with Crippen LogP contribution in [0.15, 0.2) is 16.9 Å². The van der Waals surface area contributed by atoms with Crippen LogP contribution >= 0.6 is 0 Å². The summed E-state index contributed by atoms with van der Waals surface area (Å²) in [4.78, 5) is 12.1. The molecule has 0 unspecified atom stereocenters. The Labute approximate surface area is 117 Å². The van der Waals surface area contributed by atoms with Gasteiger partial charge < -0.3 is 5.32 Å². The van der Waals surface area contributed by atoms with E-state index < -0.39 is 0 Å². The minimum atomic E-state index is -0.0494. The van der Waals surface area contributed by atoms with E-state index >= 15 is 0 Å². The smallest absolute Gasteiger partial charge is 0.267 e.